The molecule has 0 bridgehead atoms. The maximum absolute atomic E-state index is 13.0. The summed E-state index contributed by atoms with van der Waals surface area (Å²) in [6.07, 6.45) is 0. The van der Waals surface area contributed by atoms with Gasteiger partial charge in [0, 0.05) is 26.0 Å². The van der Waals surface area contributed by atoms with Crippen molar-refractivity contribution in [3.63, 3.8) is 0 Å². The molecule has 10 nitrogen and oxygen atoms in total. The average Bonchev–Trinajstić information content (AvgIpc) is 3.49. The van der Waals surface area contributed by atoms with E-state index in [9.17, 15) is 4.79 Å². The van der Waals surface area contributed by atoms with Gasteiger partial charge in [0.15, 0.2) is 5.69 Å². The van der Waals surface area contributed by atoms with Crippen LogP contribution in [-0.4, -0.2) is 36.9 Å². The van der Waals surface area contributed by atoms with Crippen LogP contribution in [0.15, 0.2) is 45.0 Å². The number of nitrogen functional groups attached to an aromatic ring is 1. The Morgan fingerprint density at radius 2 is 2.00 bits per heavy atom. The third-order valence-corrected chi connectivity index (χ3v) is 6.82. The Bertz CT molecular complexity index is 1320. The summed E-state index contributed by atoms with van der Waals surface area (Å²) in [5.41, 5.74) is 11.9. The first-order chi connectivity index (χ1) is 15.8. The summed E-state index contributed by atoms with van der Waals surface area (Å²) in [6.45, 7) is 7.93. The Kier molecular flexibility index (Phi) is 6.56. The Morgan fingerprint density at radius 3 is 2.64 bits per heavy atom. The van der Waals surface area contributed by atoms with Crippen molar-refractivity contribution in [1.82, 2.24) is 30.7 Å². The van der Waals surface area contributed by atoms with Gasteiger partial charge in [-0.1, -0.05) is 22.9 Å². The Balaban J connectivity index is 1.61. The largest absolute Gasteiger partial charge is 0.378 e. The number of hydrogen-bond donors (Lipinski definition) is 2. The standard InChI is InChI=1S/C21H22N8O2S2/c1-11-5-7-15(8-6-11)32-10-17-18(24-28-29(17)20-19(22)26-31-27-20)21(30)25-23-13(3)16-9-12(2)33-14(16)4/h5-9H,10H2,1-4H3,(H2,22,26)(H,25,30). The van der Waals surface area contributed by atoms with Crippen molar-refractivity contribution in [1.29, 1.82) is 0 Å². The summed E-state index contributed by atoms with van der Waals surface area (Å²) < 4.78 is 6.07. The molecule has 0 saturated carbocycles. The maximum Gasteiger partial charge on any atom is 0.293 e. The number of hydrazone groups is 1. The van der Waals surface area contributed by atoms with Crippen molar-refractivity contribution in [3.8, 4) is 5.82 Å². The number of anilines is 1. The lowest BCUT2D eigenvalue weighted by molar-refractivity contribution is 0.0949. The quantitative estimate of drug-likeness (QED) is 0.231. The van der Waals surface area contributed by atoms with Gasteiger partial charge in [0.05, 0.1) is 11.4 Å². The second-order valence-corrected chi connectivity index (χ2v) is 9.85. The number of benzene rings is 1. The molecule has 0 aliphatic heterocycles. The molecule has 3 N–H and O–H groups in total. The molecular weight excluding hydrogens is 460 g/mol. The summed E-state index contributed by atoms with van der Waals surface area (Å²) in [4.78, 5) is 16.3. The molecule has 0 saturated heterocycles. The van der Waals surface area contributed by atoms with E-state index in [2.05, 4.69) is 31.2 Å². The minimum absolute atomic E-state index is 0.0469. The number of rotatable bonds is 7. The zero-order valence-electron chi connectivity index (χ0n) is 18.5. The highest BCUT2D eigenvalue weighted by Gasteiger charge is 2.24. The summed E-state index contributed by atoms with van der Waals surface area (Å²) >= 11 is 3.21. The van der Waals surface area contributed by atoms with Gasteiger partial charge in [-0.15, -0.1) is 28.2 Å². The molecule has 0 fully saturated rings. The van der Waals surface area contributed by atoms with Gasteiger partial charge in [-0.25, -0.2) is 10.1 Å². The van der Waals surface area contributed by atoms with Gasteiger partial charge >= 0.3 is 0 Å². The number of nitrogens with two attached hydrogens (primary N) is 1. The number of thiophene rings is 1. The summed E-state index contributed by atoms with van der Waals surface area (Å²) in [5.74, 6) is 0.117. The summed E-state index contributed by atoms with van der Waals surface area (Å²) in [7, 11) is 0. The first kappa shape index (κ1) is 22.7. The van der Waals surface area contributed by atoms with E-state index in [0.717, 1.165) is 20.9 Å². The fraction of sp³-hybridized carbons (Fsp3) is 0.238. The zero-order chi connectivity index (χ0) is 23.5. The molecule has 4 rings (SSSR count). The second-order valence-electron chi connectivity index (χ2n) is 7.34. The molecule has 0 aliphatic rings. The van der Waals surface area contributed by atoms with Gasteiger partial charge in [-0.3, -0.25) is 4.79 Å². The number of hydrogen-bond acceptors (Lipinski definition) is 10. The molecular formula is C21H22N8O2S2. The molecule has 0 radical (unpaired) electrons. The number of carbonyl (C=O) groups is 1. The predicted octanol–water partition coefficient (Wildman–Crippen LogP) is 3.67. The number of nitrogens with zero attached hydrogens (tertiary/aromatic N) is 6. The van der Waals surface area contributed by atoms with E-state index in [1.54, 1.807) is 11.3 Å². The van der Waals surface area contributed by atoms with Crippen molar-refractivity contribution in [2.45, 2.75) is 38.3 Å². The zero-order valence-corrected chi connectivity index (χ0v) is 20.1. The number of amides is 1. The summed E-state index contributed by atoms with van der Waals surface area (Å²) in [6, 6.07) is 10.1. The van der Waals surface area contributed by atoms with Crippen LogP contribution in [0.5, 0.6) is 0 Å². The van der Waals surface area contributed by atoms with Gasteiger partial charge in [0.1, 0.15) is 0 Å². The highest BCUT2D eigenvalue weighted by molar-refractivity contribution is 7.98. The topological polar surface area (TPSA) is 137 Å². The summed E-state index contributed by atoms with van der Waals surface area (Å²) in [5, 5.41) is 19.8. The fourth-order valence-electron chi connectivity index (χ4n) is 3.14. The third kappa shape index (κ3) is 4.96. The molecule has 12 heteroatoms. The van der Waals surface area contributed by atoms with Crippen molar-refractivity contribution in [2.75, 3.05) is 5.73 Å². The van der Waals surface area contributed by atoms with E-state index in [-0.39, 0.29) is 17.3 Å². The molecule has 0 spiro atoms. The van der Waals surface area contributed by atoms with E-state index in [0.29, 0.717) is 17.2 Å². The monoisotopic (exact) mass is 482 g/mol. The van der Waals surface area contributed by atoms with Crippen LogP contribution in [0, 0.1) is 20.8 Å². The number of thioether (sulfide) groups is 1. The first-order valence-corrected chi connectivity index (χ1v) is 11.8. The van der Waals surface area contributed by atoms with Crippen LogP contribution in [0.1, 0.15) is 44.0 Å². The van der Waals surface area contributed by atoms with E-state index >= 15 is 0 Å². The molecule has 1 amide bonds. The maximum atomic E-state index is 13.0. The highest BCUT2D eigenvalue weighted by Crippen LogP contribution is 2.26. The number of nitrogens with one attached hydrogen (secondary N) is 1. The Hall–Kier alpha value is -3.51. The SMILES string of the molecule is CC(=NNC(=O)c1nnn(-c2nonc2N)c1CSc1ccc(C)cc1)c1cc(C)sc1C. The number of aromatic nitrogens is 5. The van der Waals surface area contributed by atoms with Gasteiger partial charge in [0.25, 0.3) is 5.91 Å². The molecule has 0 atom stereocenters. The van der Waals surface area contributed by atoms with Crippen molar-refractivity contribution in [3.05, 3.63) is 62.6 Å². The molecule has 3 heterocycles. The van der Waals surface area contributed by atoms with Gasteiger partial charge < -0.3 is 5.73 Å². The first-order valence-electron chi connectivity index (χ1n) is 9.98. The van der Waals surface area contributed by atoms with Crippen molar-refractivity contribution >= 4 is 40.5 Å². The van der Waals surface area contributed by atoms with Crippen molar-refractivity contribution < 1.29 is 9.42 Å². The van der Waals surface area contributed by atoms with E-state index < -0.39 is 5.91 Å². The molecule has 170 valence electrons. The van der Waals surface area contributed by atoms with E-state index in [1.807, 2.05) is 58.0 Å². The van der Waals surface area contributed by atoms with Crippen molar-refractivity contribution in [2.24, 2.45) is 5.10 Å². The van der Waals surface area contributed by atoms with Crippen LogP contribution in [0.2, 0.25) is 0 Å². The van der Waals surface area contributed by atoms with Crippen LogP contribution in [0.3, 0.4) is 0 Å². The molecule has 0 aliphatic carbocycles. The number of carbonyl (C=O) groups excluding carboxylic acids is 1. The molecule has 0 unspecified atom stereocenters. The van der Waals surface area contributed by atoms with E-state index in [4.69, 9.17) is 10.4 Å². The smallest absolute Gasteiger partial charge is 0.293 e. The molecule has 3 aromatic heterocycles. The Labute approximate surface area is 198 Å². The van der Waals surface area contributed by atoms with E-state index in [1.165, 1.54) is 21.3 Å². The van der Waals surface area contributed by atoms with Crippen LogP contribution in [-0.2, 0) is 5.75 Å². The average molecular weight is 483 g/mol. The normalized spacial score (nSPS) is 11.7. The Morgan fingerprint density at radius 1 is 1.24 bits per heavy atom. The highest BCUT2D eigenvalue weighted by atomic mass is 32.2. The third-order valence-electron chi connectivity index (χ3n) is 4.83. The van der Waals surface area contributed by atoms with Gasteiger partial charge in [-0.05, 0) is 56.2 Å². The molecule has 33 heavy (non-hydrogen) atoms. The predicted molar refractivity (Wildman–Crippen MR) is 128 cm³/mol. The van der Waals surface area contributed by atoms with Gasteiger partial charge in [-0.2, -0.15) is 9.78 Å². The lowest BCUT2D eigenvalue weighted by Crippen LogP contribution is -2.21. The van der Waals surface area contributed by atoms with Crippen LogP contribution >= 0.6 is 23.1 Å². The molecule has 1 aromatic carbocycles. The van der Waals surface area contributed by atoms with Crippen LogP contribution in [0.4, 0.5) is 5.82 Å². The lowest BCUT2D eigenvalue weighted by Gasteiger charge is -2.06. The number of aryl methyl sites for hydroxylation is 3. The van der Waals surface area contributed by atoms with Crippen LogP contribution < -0.4 is 11.2 Å². The fourth-order valence-corrected chi connectivity index (χ4v) is 5.01. The minimum Gasteiger partial charge on any atom is -0.378 e. The van der Waals surface area contributed by atoms with Gasteiger partial charge in [0.2, 0.25) is 11.6 Å². The van der Waals surface area contributed by atoms with Crippen LogP contribution in [0.25, 0.3) is 5.82 Å². The molecule has 4 aromatic rings. The second kappa shape index (κ2) is 9.55. The minimum atomic E-state index is -0.486. The lowest BCUT2D eigenvalue weighted by atomic mass is 10.2.